The summed E-state index contributed by atoms with van der Waals surface area (Å²) in [6.07, 6.45) is -0.388. The molecule has 2 nitrogen and oxygen atoms in total. The maximum absolute atomic E-state index is 11.2. The number of hydrogen-bond acceptors (Lipinski definition) is 3. The van der Waals surface area contributed by atoms with E-state index in [9.17, 15) is 4.79 Å². The minimum absolute atomic E-state index is 0.0520. The van der Waals surface area contributed by atoms with Crippen LogP contribution >= 0.6 is 27.3 Å². The second kappa shape index (κ2) is 4.88. The van der Waals surface area contributed by atoms with E-state index in [-0.39, 0.29) is 11.9 Å². The molecule has 0 aliphatic rings. The highest BCUT2D eigenvalue weighted by Crippen LogP contribution is 2.28. The van der Waals surface area contributed by atoms with Crippen molar-refractivity contribution in [3.63, 3.8) is 0 Å². The predicted octanol–water partition coefficient (Wildman–Crippen LogP) is 3.18. The van der Waals surface area contributed by atoms with Gasteiger partial charge in [0.2, 0.25) is 0 Å². The van der Waals surface area contributed by atoms with Crippen molar-refractivity contribution in [1.29, 1.82) is 0 Å². The Labute approximate surface area is 90.0 Å². The summed E-state index contributed by atoms with van der Waals surface area (Å²) in [4.78, 5) is 12.2. The van der Waals surface area contributed by atoms with E-state index < -0.39 is 0 Å². The van der Waals surface area contributed by atoms with Gasteiger partial charge in [-0.05, 0) is 35.8 Å². The molecule has 0 bridgehead atoms. The number of rotatable bonds is 4. The lowest BCUT2D eigenvalue weighted by molar-refractivity contribution is -0.128. The molecule has 13 heavy (non-hydrogen) atoms. The molecule has 0 fully saturated rings. The Hall–Kier alpha value is -0.190. The Morgan fingerprint density at radius 1 is 1.77 bits per heavy atom. The molecule has 1 aromatic heterocycles. The first kappa shape index (κ1) is 10.9. The molecule has 0 radical (unpaired) electrons. The highest BCUT2D eigenvalue weighted by atomic mass is 79.9. The van der Waals surface area contributed by atoms with Crippen LogP contribution in [0.2, 0.25) is 0 Å². The zero-order chi connectivity index (χ0) is 9.84. The van der Waals surface area contributed by atoms with Gasteiger partial charge in [0.05, 0.1) is 0 Å². The molecule has 0 spiro atoms. The van der Waals surface area contributed by atoms with E-state index in [2.05, 4.69) is 15.9 Å². The molecule has 0 aliphatic heterocycles. The van der Waals surface area contributed by atoms with Gasteiger partial charge in [0.15, 0.2) is 5.78 Å². The normalized spacial score (nSPS) is 12.8. The molecule has 1 unspecified atom stereocenters. The molecule has 0 N–H and O–H groups in total. The Bertz CT molecular complexity index is 296. The van der Waals surface area contributed by atoms with Crippen LogP contribution in [0.1, 0.15) is 24.8 Å². The van der Waals surface area contributed by atoms with E-state index in [1.807, 2.05) is 18.4 Å². The third-order valence-corrected chi connectivity index (χ3v) is 3.29. The molecule has 0 saturated heterocycles. The fraction of sp³-hybridized carbons (Fsp3) is 0.444. The molecular formula is C9H11BrO2S. The van der Waals surface area contributed by atoms with Crippen molar-refractivity contribution in [2.24, 2.45) is 0 Å². The number of carbonyl (C=O) groups is 1. The average molecular weight is 263 g/mol. The smallest absolute Gasteiger partial charge is 0.163 e. The average Bonchev–Trinajstić information content (AvgIpc) is 2.46. The van der Waals surface area contributed by atoms with Crippen molar-refractivity contribution in [3.05, 3.63) is 20.8 Å². The van der Waals surface area contributed by atoms with Crippen LogP contribution in [0.15, 0.2) is 15.9 Å². The summed E-state index contributed by atoms with van der Waals surface area (Å²) in [6.45, 7) is 3.99. The zero-order valence-electron chi connectivity index (χ0n) is 7.54. The molecule has 1 atom stereocenters. The maximum Gasteiger partial charge on any atom is 0.163 e. The number of halogens is 1. The van der Waals surface area contributed by atoms with Gasteiger partial charge in [0.25, 0.3) is 0 Å². The summed E-state index contributed by atoms with van der Waals surface area (Å²) in [7, 11) is 0. The van der Waals surface area contributed by atoms with Crippen molar-refractivity contribution >= 4 is 33.0 Å². The van der Waals surface area contributed by atoms with Crippen LogP contribution in [0, 0.1) is 0 Å². The first-order chi connectivity index (χ1) is 6.15. The molecule has 1 rings (SSSR count). The van der Waals surface area contributed by atoms with Crippen molar-refractivity contribution in [1.82, 2.24) is 0 Å². The summed E-state index contributed by atoms with van der Waals surface area (Å²) < 4.78 is 6.34. The Kier molecular flexibility index (Phi) is 4.09. The third-order valence-electron chi connectivity index (χ3n) is 1.55. The van der Waals surface area contributed by atoms with Crippen LogP contribution < -0.4 is 0 Å². The van der Waals surface area contributed by atoms with Gasteiger partial charge in [-0.3, -0.25) is 4.79 Å². The Morgan fingerprint density at radius 3 is 2.85 bits per heavy atom. The SMILES string of the molecule is CCOC(C(C)=O)c1cc(Br)cs1. The molecule has 1 aromatic rings. The van der Waals surface area contributed by atoms with Crippen LogP contribution in [-0.2, 0) is 9.53 Å². The maximum atomic E-state index is 11.2. The lowest BCUT2D eigenvalue weighted by Crippen LogP contribution is -2.11. The quantitative estimate of drug-likeness (QED) is 0.834. The first-order valence-corrected chi connectivity index (χ1v) is 5.68. The number of Topliss-reactive ketones (excluding diaryl/α,β-unsaturated/α-hetero) is 1. The Morgan fingerprint density at radius 2 is 2.46 bits per heavy atom. The van der Waals surface area contributed by atoms with Gasteiger partial charge < -0.3 is 4.74 Å². The fourth-order valence-corrected chi connectivity index (χ4v) is 2.58. The second-order valence-electron chi connectivity index (χ2n) is 2.61. The number of carbonyl (C=O) groups excluding carboxylic acids is 1. The van der Waals surface area contributed by atoms with Crippen LogP contribution in [0.4, 0.5) is 0 Å². The first-order valence-electron chi connectivity index (χ1n) is 4.01. The molecule has 1 heterocycles. The lowest BCUT2D eigenvalue weighted by atomic mass is 10.2. The summed E-state index contributed by atoms with van der Waals surface area (Å²) in [5.41, 5.74) is 0. The van der Waals surface area contributed by atoms with E-state index in [1.165, 1.54) is 11.3 Å². The molecular weight excluding hydrogens is 252 g/mol. The number of ether oxygens (including phenoxy) is 1. The summed E-state index contributed by atoms with van der Waals surface area (Å²) in [6, 6.07) is 1.92. The number of ketones is 1. The van der Waals surface area contributed by atoms with E-state index in [1.54, 1.807) is 6.92 Å². The van der Waals surface area contributed by atoms with Gasteiger partial charge in [-0.25, -0.2) is 0 Å². The molecule has 0 amide bonds. The zero-order valence-corrected chi connectivity index (χ0v) is 9.94. The largest absolute Gasteiger partial charge is 0.365 e. The van der Waals surface area contributed by atoms with Crippen LogP contribution in [0.25, 0.3) is 0 Å². The monoisotopic (exact) mass is 262 g/mol. The van der Waals surface area contributed by atoms with Crippen LogP contribution in [-0.4, -0.2) is 12.4 Å². The van der Waals surface area contributed by atoms with Crippen molar-refractivity contribution in [2.45, 2.75) is 20.0 Å². The highest BCUT2D eigenvalue weighted by Gasteiger charge is 2.18. The molecule has 0 aliphatic carbocycles. The van der Waals surface area contributed by atoms with E-state index in [0.29, 0.717) is 6.61 Å². The van der Waals surface area contributed by atoms with Gasteiger partial charge in [-0.15, -0.1) is 11.3 Å². The lowest BCUT2D eigenvalue weighted by Gasteiger charge is -2.10. The van der Waals surface area contributed by atoms with Gasteiger partial charge in [-0.1, -0.05) is 0 Å². The summed E-state index contributed by atoms with van der Waals surface area (Å²) in [5, 5.41) is 1.95. The molecule has 4 heteroatoms. The highest BCUT2D eigenvalue weighted by molar-refractivity contribution is 9.10. The number of thiophene rings is 1. The molecule has 0 aromatic carbocycles. The minimum atomic E-state index is -0.388. The third kappa shape index (κ3) is 2.90. The number of hydrogen-bond donors (Lipinski definition) is 0. The fourth-order valence-electron chi connectivity index (χ4n) is 1.03. The Balaban J connectivity index is 2.81. The van der Waals surface area contributed by atoms with Crippen molar-refractivity contribution < 1.29 is 9.53 Å². The van der Waals surface area contributed by atoms with E-state index in [4.69, 9.17) is 4.74 Å². The van der Waals surface area contributed by atoms with Gasteiger partial charge >= 0.3 is 0 Å². The topological polar surface area (TPSA) is 26.3 Å². The van der Waals surface area contributed by atoms with Crippen molar-refractivity contribution in [2.75, 3.05) is 6.61 Å². The predicted molar refractivity (Wildman–Crippen MR) is 57.1 cm³/mol. The van der Waals surface area contributed by atoms with Gasteiger partial charge in [-0.2, -0.15) is 0 Å². The van der Waals surface area contributed by atoms with Crippen LogP contribution in [0.5, 0.6) is 0 Å². The summed E-state index contributed by atoms with van der Waals surface area (Å²) in [5.74, 6) is 0.0520. The van der Waals surface area contributed by atoms with Crippen LogP contribution in [0.3, 0.4) is 0 Å². The van der Waals surface area contributed by atoms with E-state index >= 15 is 0 Å². The molecule has 0 saturated carbocycles. The van der Waals surface area contributed by atoms with Gasteiger partial charge in [0, 0.05) is 21.3 Å². The van der Waals surface area contributed by atoms with Gasteiger partial charge in [0.1, 0.15) is 6.10 Å². The standard InChI is InChI=1S/C9H11BrO2S/c1-3-12-9(6(2)11)8-4-7(10)5-13-8/h4-5,9H,3H2,1-2H3. The second-order valence-corrected chi connectivity index (χ2v) is 4.47. The molecule has 72 valence electrons. The minimum Gasteiger partial charge on any atom is -0.365 e. The van der Waals surface area contributed by atoms with Crippen molar-refractivity contribution in [3.8, 4) is 0 Å². The van der Waals surface area contributed by atoms with E-state index in [0.717, 1.165) is 9.35 Å². The summed E-state index contributed by atoms with van der Waals surface area (Å²) >= 11 is 4.88.